The van der Waals surface area contributed by atoms with E-state index in [9.17, 15) is 4.79 Å². The van der Waals surface area contributed by atoms with Gasteiger partial charge in [-0.15, -0.1) is 0 Å². The predicted octanol–water partition coefficient (Wildman–Crippen LogP) is 4.10. The van der Waals surface area contributed by atoms with Gasteiger partial charge in [0.05, 0.1) is 5.41 Å². The molecule has 0 heterocycles. The highest BCUT2D eigenvalue weighted by atomic mass is 16.5. The van der Waals surface area contributed by atoms with Crippen LogP contribution in [-0.2, 0) is 9.53 Å². The maximum Gasteiger partial charge on any atom is 0.316 e. The summed E-state index contributed by atoms with van der Waals surface area (Å²) in [7, 11) is 0. The van der Waals surface area contributed by atoms with Crippen LogP contribution in [0.2, 0.25) is 0 Å². The first-order chi connectivity index (χ1) is 9.37. The summed E-state index contributed by atoms with van der Waals surface area (Å²) in [5, 5.41) is 0. The van der Waals surface area contributed by atoms with Gasteiger partial charge in [0.1, 0.15) is 6.10 Å². The normalized spacial score (nSPS) is 50.9. The van der Waals surface area contributed by atoms with Gasteiger partial charge in [-0.1, -0.05) is 32.9 Å². The Hall–Kier alpha value is -0.790. The van der Waals surface area contributed by atoms with Crippen molar-refractivity contribution in [1.29, 1.82) is 0 Å². The zero-order chi connectivity index (χ0) is 14.2. The molecule has 0 radical (unpaired) electrons. The Balaban J connectivity index is 1.54. The molecule has 0 spiro atoms. The van der Waals surface area contributed by atoms with Crippen LogP contribution in [0.25, 0.3) is 0 Å². The number of allylic oxidation sites excluding steroid dienone is 1. The standard InChI is InChI=1S/C18H26O2/c1-16(2)13-6-7-17(16,3)14(10-13)20-15(19)18-8-4-12(11-18)5-9-18/h4,8,12-14H,5-7,9-11H2,1-3H3. The zero-order valence-corrected chi connectivity index (χ0v) is 12.9. The number of carbonyl (C=O) groups is 1. The molecule has 4 aliphatic rings. The van der Waals surface area contributed by atoms with E-state index in [2.05, 4.69) is 32.9 Å². The van der Waals surface area contributed by atoms with E-state index in [1.54, 1.807) is 0 Å². The summed E-state index contributed by atoms with van der Waals surface area (Å²) < 4.78 is 6.10. The van der Waals surface area contributed by atoms with Gasteiger partial charge in [-0.05, 0) is 55.8 Å². The molecule has 2 nitrogen and oxygen atoms in total. The van der Waals surface area contributed by atoms with E-state index in [0.29, 0.717) is 11.3 Å². The van der Waals surface area contributed by atoms with E-state index in [4.69, 9.17) is 4.74 Å². The minimum absolute atomic E-state index is 0.0725. The molecule has 4 aliphatic carbocycles. The molecule has 0 saturated heterocycles. The number of hydrogen-bond donors (Lipinski definition) is 0. The van der Waals surface area contributed by atoms with Gasteiger partial charge in [-0.2, -0.15) is 0 Å². The van der Waals surface area contributed by atoms with Crippen molar-refractivity contribution in [3.63, 3.8) is 0 Å². The second kappa shape index (κ2) is 3.69. The van der Waals surface area contributed by atoms with Gasteiger partial charge in [-0.25, -0.2) is 0 Å². The predicted molar refractivity (Wildman–Crippen MR) is 78.0 cm³/mol. The summed E-state index contributed by atoms with van der Waals surface area (Å²) in [5.41, 5.74) is 0.247. The molecular weight excluding hydrogens is 248 g/mol. The molecular formula is C18H26O2. The maximum atomic E-state index is 12.7. The van der Waals surface area contributed by atoms with Crippen LogP contribution in [-0.4, -0.2) is 12.1 Å². The van der Waals surface area contributed by atoms with Crippen molar-refractivity contribution in [2.45, 2.75) is 65.4 Å². The Bertz CT molecular complexity index is 492. The van der Waals surface area contributed by atoms with Crippen LogP contribution < -0.4 is 0 Å². The van der Waals surface area contributed by atoms with Crippen LogP contribution in [0.3, 0.4) is 0 Å². The summed E-state index contributed by atoms with van der Waals surface area (Å²) in [6.07, 6.45) is 11.3. The van der Waals surface area contributed by atoms with Crippen LogP contribution in [0.1, 0.15) is 59.3 Å². The summed E-state index contributed by atoms with van der Waals surface area (Å²) in [4.78, 5) is 12.7. The molecule has 0 aromatic carbocycles. The highest BCUT2D eigenvalue weighted by Gasteiger charge is 2.63. The van der Waals surface area contributed by atoms with Crippen molar-refractivity contribution in [2.75, 3.05) is 0 Å². The Morgan fingerprint density at radius 3 is 2.45 bits per heavy atom. The van der Waals surface area contributed by atoms with Gasteiger partial charge in [0.25, 0.3) is 0 Å². The first-order valence-electron chi connectivity index (χ1n) is 8.28. The van der Waals surface area contributed by atoms with Crippen LogP contribution in [0, 0.1) is 28.1 Å². The van der Waals surface area contributed by atoms with Crippen molar-refractivity contribution in [3.8, 4) is 0 Å². The maximum absolute atomic E-state index is 12.7. The number of esters is 1. The SMILES string of the molecule is CC1(C)C2CCC1(C)C(OC(=O)C13C=CC(CC1)C3)C2. The summed E-state index contributed by atoms with van der Waals surface area (Å²) in [5.74, 6) is 1.44. The molecule has 0 N–H and O–H groups in total. The molecule has 3 fully saturated rings. The van der Waals surface area contributed by atoms with E-state index in [0.717, 1.165) is 25.2 Å². The number of ether oxygens (including phenoxy) is 1. The third-order valence-corrected chi connectivity index (χ3v) is 7.64. The molecule has 3 saturated carbocycles. The first kappa shape index (κ1) is 12.9. The van der Waals surface area contributed by atoms with Gasteiger partial charge in [0.15, 0.2) is 0 Å². The van der Waals surface area contributed by atoms with E-state index < -0.39 is 0 Å². The third-order valence-electron chi connectivity index (χ3n) is 7.64. The van der Waals surface area contributed by atoms with E-state index in [1.807, 2.05) is 0 Å². The lowest BCUT2D eigenvalue weighted by atomic mass is 9.70. The molecule has 4 rings (SSSR count). The van der Waals surface area contributed by atoms with E-state index in [1.165, 1.54) is 19.3 Å². The Morgan fingerprint density at radius 1 is 1.20 bits per heavy atom. The Labute approximate surface area is 122 Å². The molecule has 5 unspecified atom stereocenters. The molecule has 2 heteroatoms. The molecule has 0 aromatic rings. The van der Waals surface area contributed by atoms with Gasteiger partial charge < -0.3 is 4.74 Å². The second-order valence-electron chi connectivity index (χ2n) is 8.52. The van der Waals surface area contributed by atoms with E-state index >= 15 is 0 Å². The average Bonchev–Trinajstić information content (AvgIpc) is 3.10. The van der Waals surface area contributed by atoms with Crippen molar-refractivity contribution in [1.82, 2.24) is 0 Å². The minimum Gasteiger partial charge on any atom is -0.461 e. The van der Waals surface area contributed by atoms with Crippen LogP contribution in [0.5, 0.6) is 0 Å². The molecule has 110 valence electrons. The zero-order valence-electron chi connectivity index (χ0n) is 12.9. The number of carbonyl (C=O) groups excluding carboxylic acids is 1. The van der Waals surface area contributed by atoms with Gasteiger partial charge in [-0.3, -0.25) is 4.79 Å². The molecule has 4 bridgehead atoms. The summed E-state index contributed by atoms with van der Waals surface area (Å²) >= 11 is 0. The third kappa shape index (κ3) is 1.38. The Morgan fingerprint density at radius 2 is 2.00 bits per heavy atom. The van der Waals surface area contributed by atoms with Crippen LogP contribution >= 0.6 is 0 Å². The highest BCUT2D eigenvalue weighted by Crippen LogP contribution is 2.66. The fourth-order valence-corrected chi connectivity index (χ4v) is 5.56. The number of rotatable bonds is 2. The molecule has 5 atom stereocenters. The van der Waals surface area contributed by atoms with Crippen LogP contribution in [0.4, 0.5) is 0 Å². The van der Waals surface area contributed by atoms with Gasteiger partial charge in [0.2, 0.25) is 0 Å². The summed E-state index contributed by atoms with van der Waals surface area (Å²) in [6.45, 7) is 7.09. The molecule has 0 aliphatic heterocycles. The fraction of sp³-hybridized carbons (Fsp3) is 0.833. The Kier molecular flexibility index (Phi) is 2.39. The fourth-order valence-electron chi connectivity index (χ4n) is 5.56. The van der Waals surface area contributed by atoms with Gasteiger partial charge in [0, 0.05) is 5.41 Å². The average molecular weight is 274 g/mol. The van der Waals surface area contributed by atoms with Crippen LogP contribution in [0.15, 0.2) is 12.2 Å². The smallest absolute Gasteiger partial charge is 0.316 e. The lowest BCUT2D eigenvalue weighted by Crippen LogP contribution is -2.41. The second-order valence-corrected chi connectivity index (χ2v) is 8.52. The van der Waals surface area contributed by atoms with Crippen molar-refractivity contribution < 1.29 is 9.53 Å². The monoisotopic (exact) mass is 274 g/mol. The molecule has 0 amide bonds. The molecule has 0 aromatic heterocycles. The first-order valence-corrected chi connectivity index (χ1v) is 8.28. The highest BCUT2D eigenvalue weighted by molar-refractivity contribution is 5.80. The van der Waals surface area contributed by atoms with Crippen molar-refractivity contribution in [2.24, 2.45) is 28.1 Å². The number of fused-ring (bicyclic) bond motifs is 4. The quantitative estimate of drug-likeness (QED) is 0.560. The van der Waals surface area contributed by atoms with Crippen molar-refractivity contribution >= 4 is 5.97 Å². The number of hydrogen-bond acceptors (Lipinski definition) is 2. The lowest BCUT2D eigenvalue weighted by Gasteiger charge is -2.39. The summed E-state index contributed by atoms with van der Waals surface area (Å²) in [6, 6.07) is 0. The van der Waals surface area contributed by atoms with Crippen molar-refractivity contribution in [3.05, 3.63) is 12.2 Å². The largest absolute Gasteiger partial charge is 0.461 e. The van der Waals surface area contributed by atoms with Gasteiger partial charge >= 0.3 is 5.97 Å². The minimum atomic E-state index is -0.257. The molecule has 20 heavy (non-hydrogen) atoms. The lowest BCUT2D eigenvalue weighted by molar-refractivity contribution is -0.166. The topological polar surface area (TPSA) is 26.3 Å². The van der Waals surface area contributed by atoms with E-state index in [-0.39, 0.29) is 22.9 Å².